The van der Waals surface area contributed by atoms with E-state index in [4.69, 9.17) is 0 Å². The highest BCUT2D eigenvalue weighted by atomic mass is 79.9. The molecule has 118 valence electrons. The molecule has 1 saturated heterocycles. The van der Waals surface area contributed by atoms with Gasteiger partial charge < -0.3 is 4.90 Å². The van der Waals surface area contributed by atoms with E-state index in [9.17, 15) is 0 Å². The number of thiophene rings is 1. The minimum atomic E-state index is 0.701. The summed E-state index contributed by atoms with van der Waals surface area (Å²) in [7, 11) is 0. The highest BCUT2D eigenvalue weighted by Crippen LogP contribution is 2.38. The number of anilines is 1. The van der Waals surface area contributed by atoms with Gasteiger partial charge >= 0.3 is 0 Å². The molecule has 0 aliphatic carbocycles. The number of halogens is 1. The molecule has 23 heavy (non-hydrogen) atoms. The number of hydrogen-bond acceptors (Lipinski definition) is 4. The third-order valence-electron chi connectivity index (χ3n) is 4.47. The number of fused-ring (bicyclic) bond motifs is 1. The van der Waals surface area contributed by atoms with Crippen LogP contribution in [0.1, 0.15) is 12.8 Å². The van der Waals surface area contributed by atoms with Crippen molar-refractivity contribution in [1.29, 1.82) is 0 Å². The van der Waals surface area contributed by atoms with Crippen LogP contribution in [0.15, 0.2) is 42.0 Å². The van der Waals surface area contributed by atoms with E-state index in [1.807, 2.05) is 0 Å². The van der Waals surface area contributed by atoms with Crippen molar-refractivity contribution in [1.82, 2.24) is 9.97 Å². The minimum absolute atomic E-state index is 0.701. The van der Waals surface area contributed by atoms with Gasteiger partial charge in [0.15, 0.2) is 0 Å². The highest BCUT2D eigenvalue weighted by Gasteiger charge is 2.23. The molecule has 0 N–H and O–H groups in total. The van der Waals surface area contributed by atoms with Crippen molar-refractivity contribution in [2.45, 2.75) is 12.8 Å². The van der Waals surface area contributed by atoms with Gasteiger partial charge in [0.25, 0.3) is 0 Å². The van der Waals surface area contributed by atoms with Crippen LogP contribution in [0.25, 0.3) is 21.3 Å². The summed E-state index contributed by atoms with van der Waals surface area (Å²) in [4.78, 5) is 12.7. The number of nitrogens with zero attached hydrogens (tertiary/aromatic N) is 3. The molecule has 3 aromatic rings. The van der Waals surface area contributed by atoms with E-state index in [0.29, 0.717) is 5.92 Å². The molecule has 1 aliphatic heterocycles. The zero-order chi connectivity index (χ0) is 15.6. The van der Waals surface area contributed by atoms with Gasteiger partial charge in [-0.25, -0.2) is 9.97 Å². The molecule has 5 heteroatoms. The average Bonchev–Trinajstić information content (AvgIpc) is 3.06. The SMILES string of the molecule is BrCC1CCCN(c2ncnc3scc(-c4ccccc4)c23)C1. The number of alkyl halides is 1. The van der Waals surface area contributed by atoms with E-state index in [-0.39, 0.29) is 0 Å². The average molecular weight is 388 g/mol. The summed E-state index contributed by atoms with van der Waals surface area (Å²) >= 11 is 5.35. The minimum Gasteiger partial charge on any atom is -0.356 e. The molecule has 1 aromatic carbocycles. The lowest BCUT2D eigenvalue weighted by molar-refractivity contribution is 0.453. The molecule has 1 fully saturated rings. The van der Waals surface area contributed by atoms with Gasteiger partial charge in [0.1, 0.15) is 17.0 Å². The fraction of sp³-hybridized carbons (Fsp3) is 0.333. The Morgan fingerprint density at radius 2 is 2.09 bits per heavy atom. The molecule has 0 saturated carbocycles. The van der Waals surface area contributed by atoms with Crippen LogP contribution in [0.5, 0.6) is 0 Å². The van der Waals surface area contributed by atoms with E-state index in [0.717, 1.165) is 29.1 Å². The normalized spacial score (nSPS) is 18.5. The van der Waals surface area contributed by atoms with E-state index < -0.39 is 0 Å². The quantitative estimate of drug-likeness (QED) is 0.594. The molecule has 1 atom stereocenters. The Morgan fingerprint density at radius 1 is 1.22 bits per heavy atom. The zero-order valence-electron chi connectivity index (χ0n) is 12.8. The molecule has 2 aromatic heterocycles. The first-order valence-corrected chi connectivity index (χ1v) is 9.95. The number of benzene rings is 1. The van der Waals surface area contributed by atoms with Crippen LogP contribution in [-0.2, 0) is 0 Å². The predicted molar refractivity (Wildman–Crippen MR) is 102 cm³/mol. The smallest absolute Gasteiger partial charge is 0.141 e. The van der Waals surface area contributed by atoms with Gasteiger partial charge in [-0.15, -0.1) is 11.3 Å². The largest absolute Gasteiger partial charge is 0.356 e. The molecule has 0 bridgehead atoms. The fourth-order valence-electron chi connectivity index (χ4n) is 3.31. The first-order valence-electron chi connectivity index (χ1n) is 7.95. The van der Waals surface area contributed by atoms with Gasteiger partial charge in [-0.2, -0.15) is 0 Å². The summed E-state index contributed by atoms with van der Waals surface area (Å²) in [6.45, 7) is 2.15. The summed E-state index contributed by atoms with van der Waals surface area (Å²) < 4.78 is 0. The van der Waals surface area contributed by atoms with Crippen LogP contribution < -0.4 is 4.90 Å². The lowest BCUT2D eigenvalue weighted by atomic mass is 9.99. The molecular weight excluding hydrogens is 370 g/mol. The summed E-state index contributed by atoms with van der Waals surface area (Å²) in [5.41, 5.74) is 2.49. The van der Waals surface area contributed by atoms with Gasteiger partial charge in [-0.05, 0) is 24.3 Å². The van der Waals surface area contributed by atoms with Crippen molar-refractivity contribution in [2.24, 2.45) is 5.92 Å². The third-order valence-corrected chi connectivity index (χ3v) is 6.27. The van der Waals surface area contributed by atoms with Gasteiger partial charge in [0.2, 0.25) is 0 Å². The summed E-state index contributed by atoms with van der Waals surface area (Å²) in [5.74, 6) is 1.80. The number of piperidine rings is 1. The van der Waals surface area contributed by atoms with Crippen LogP contribution in [-0.4, -0.2) is 28.4 Å². The molecule has 0 amide bonds. The van der Waals surface area contributed by atoms with Gasteiger partial charge in [0.05, 0.1) is 5.39 Å². The maximum atomic E-state index is 4.66. The zero-order valence-corrected chi connectivity index (χ0v) is 15.2. The van der Waals surface area contributed by atoms with E-state index >= 15 is 0 Å². The molecule has 3 heterocycles. The van der Waals surface area contributed by atoms with Gasteiger partial charge in [-0.1, -0.05) is 46.3 Å². The molecule has 3 nitrogen and oxygen atoms in total. The lowest BCUT2D eigenvalue weighted by Crippen LogP contribution is -2.36. The molecule has 0 spiro atoms. The number of aromatic nitrogens is 2. The Labute approximate surface area is 148 Å². The first kappa shape index (κ1) is 15.1. The second-order valence-corrected chi connectivity index (χ2v) is 7.51. The second kappa shape index (κ2) is 6.57. The van der Waals surface area contributed by atoms with Gasteiger partial charge in [-0.3, -0.25) is 0 Å². The van der Waals surface area contributed by atoms with Crippen molar-refractivity contribution in [3.8, 4) is 11.1 Å². The molecule has 0 radical (unpaired) electrons. The van der Waals surface area contributed by atoms with Crippen molar-refractivity contribution in [3.05, 3.63) is 42.0 Å². The van der Waals surface area contributed by atoms with Crippen molar-refractivity contribution < 1.29 is 0 Å². The first-order chi connectivity index (χ1) is 11.4. The summed E-state index contributed by atoms with van der Waals surface area (Å²) in [6, 6.07) is 10.6. The fourth-order valence-corrected chi connectivity index (χ4v) is 4.75. The maximum Gasteiger partial charge on any atom is 0.141 e. The van der Waals surface area contributed by atoms with E-state index in [2.05, 4.69) is 66.5 Å². The standard InChI is InChI=1S/C18H18BrN3S/c19-9-13-5-4-8-22(10-13)17-16-15(14-6-2-1-3-7-14)11-23-18(16)21-12-20-17/h1-3,6-7,11-13H,4-5,8-10H2. The Bertz CT molecular complexity index is 802. The number of hydrogen-bond donors (Lipinski definition) is 0. The number of rotatable bonds is 3. The molecular formula is C18H18BrN3S. The van der Waals surface area contributed by atoms with Crippen LogP contribution in [0.4, 0.5) is 5.82 Å². The Kier molecular flexibility index (Phi) is 4.31. The third kappa shape index (κ3) is 2.88. The molecule has 4 rings (SSSR count). The Hall–Kier alpha value is -1.46. The molecule has 1 unspecified atom stereocenters. The second-order valence-electron chi connectivity index (χ2n) is 6.00. The van der Waals surface area contributed by atoms with Gasteiger partial charge in [0, 0.05) is 29.4 Å². The topological polar surface area (TPSA) is 29.0 Å². The highest BCUT2D eigenvalue weighted by molar-refractivity contribution is 9.09. The summed E-state index contributed by atoms with van der Waals surface area (Å²) in [5, 5.41) is 4.48. The lowest BCUT2D eigenvalue weighted by Gasteiger charge is -2.33. The molecule has 1 aliphatic rings. The predicted octanol–water partition coefficient (Wildman–Crippen LogP) is 4.97. The van der Waals surface area contributed by atoms with Crippen molar-refractivity contribution in [2.75, 3.05) is 23.3 Å². The monoisotopic (exact) mass is 387 g/mol. The maximum absolute atomic E-state index is 4.66. The Balaban J connectivity index is 1.82. The summed E-state index contributed by atoms with van der Waals surface area (Å²) in [6.07, 6.45) is 4.23. The van der Waals surface area contributed by atoms with Crippen LogP contribution in [0.2, 0.25) is 0 Å². The van der Waals surface area contributed by atoms with Crippen molar-refractivity contribution in [3.63, 3.8) is 0 Å². The van der Waals surface area contributed by atoms with Crippen LogP contribution in [0.3, 0.4) is 0 Å². The van der Waals surface area contributed by atoms with E-state index in [1.54, 1.807) is 17.7 Å². The van der Waals surface area contributed by atoms with Crippen LogP contribution in [0, 0.1) is 5.92 Å². The van der Waals surface area contributed by atoms with Crippen molar-refractivity contribution >= 4 is 43.3 Å². The van der Waals surface area contributed by atoms with Crippen LogP contribution >= 0.6 is 27.3 Å². The Morgan fingerprint density at radius 3 is 2.91 bits per heavy atom. The van der Waals surface area contributed by atoms with E-state index in [1.165, 1.54) is 29.4 Å².